The molecular weight excluding hydrogens is 377 g/mol. The standard InChI is InChI=1S/C6H2BrF2IN2O2/c7-2-1-3(12(13)14)4(5(8)9)11-6(2)10/h1,5H. The highest BCUT2D eigenvalue weighted by Crippen LogP contribution is 2.31. The molecule has 0 N–H and O–H groups in total. The third-order valence-corrected chi connectivity index (χ3v) is 3.51. The van der Waals surface area contributed by atoms with Gasteiger partial charge in [0.1, 0.15) is 3.70 Å². The molecule has 0 fully saturated rings. The van der Waals surface area contributed by atoms with E-state index in [1.807, 2.05) is 0 Å². The molecule has 14 heavy (non-hydrogen) atoms. The van der Waals surface area contributed by atoms with Crippen molar-refractivity contribution in [3.8, 4) is 0 Å². The first-order valence-electron chi connectivity index (χ1n) is 3.22. The lowest BCUT2D eigenvalue weighted by atomic mass is 10.3. The van der Waals surface area contributed by atoms with Gasteiger partial charge < -0.3 is 0 Å². The first kappa shape index (κ1) is 11.7. The molecule has 0 radical (unpaired) electrons. The molecule has 0 aromatic carbocycles. The van der Waals surface area contributed by atoms with Crippen LogP contribution in [0.15, 0.2) is 10.5 Å². The molecule has 1 aromatic heterocycles. The summed E-state index contributed by atoms with van der Waals surface area (Å²) in [7, 11) is 0. The van der Waals surface area contributed by atoms with Crippen LogP contribution in [0.25, 0.3) is 0 Å². The number of aromatic nitrogens is 1. The Balaban J connectivity index is 3.39. The van der Waals surface area contributed by atoms with Gasteiger partial charge in [-0.15, -0.1) is 0 Å². The zero-order valence-corrected chi connectivity index (χ0v) is 10.1. The first-order valence-corrected chi connectivity index (χ1v) is 5.09. The lowest BCUT2D eigenvalue weighted by Crippen LogP contribution is -2.01. The van der Waals surface area contributed by atoms with Crippen LogP contribution >= 0.6 is 38.5 Å². The summed E-state index contributed by atoms with van der Waals surface area (Å²) in [5.41, 5.74) is -1.48. The number of alkyl halides is 2. The van der Waals surface area contributed by atoms with E-state index in [-0.39, 0.29) is 3.70 Å². The van der Waals surface area contributed by atoms with Crippen LogP contribution in [0.1, 0.15) is 12.1 Å². The van der Waals surface area contributed by atoms with E-state index in [2.05, 4.69) is 20.9 Å². The number of halogens is 4. The molecular formula is C6H2BrF2IN2O2. The van der Waals surface area contributed by atoms with Crippen LogP contribution in [0, 0.1) is 13.8 Å². The maximum atomic E-state index is 12.3. The van der Waals surface area contributed by atoms with E-state index in [1.54, 1.807) is 22.6 Å². The van der Waals surface area contributed by atoms with Crippen LogP contribution < -0.4 is 0 Å². The highest BCUT2D eigenvalue weighted by molar-refractivity contribution is 14.1. The van der Waals surface area contributed by atoms with Crippen LogP contribution in [-0.4, -0.2) is 9.91 Å². The van der Waals surface area contributed by atoms with Gasteiger partial charge in [-0.25, -0.2) is 13.8 Å². The Kier molecular flexibility index (Phi) is 3.70. The summed E-state index contributed by atoms with van der Waals surface area (Å²) < 4.78 is 25.2. The fourth-order valence-electron chi connectivity index (χ4n) is 0.777. The number of pyridine rings is 1. The molecule has 1 heterocycles. The quantitative estimate of drug-likeness (QED) is 0.343. The van der Waals surface area contributed by atoms with Crippen LogP contribution in [0.2, 0.25) is 0 Å². The van der Waals surface area contributed by atoms with Gasteiger partial charge >= 0.3 is 0 Å². The van der Waals surface area contributed by atoms with Crippen molar-refractivity contribution in [1.82, 2.24) is 4.98 Å². The third kappa shape index (κ3) is 2.35. The summed E-state index contributed by atoms with van der Waals surface area (Å²) in [6.07, 6.45) is -2.95. The second kappa shape index (κ2) is 4.43. The van der Waals surface area contributed by atoms with Crippen molar-refractivity contribution in [1.29, 1.82) is 0 Å². The van der Waals surface area contributed by atoms with Gasteiger partial charge in [0.15, 0.2) is 5.69 Å². The van der Waals surface area contributed by atoms with E-state index in [0.717, 1.165) is 6.07 Å². The predicted molar refractivity (Wildman–Crippen MR) is 56.3 cm³/mol. The lowest BCUT2D eigenvalue weighted by Gasteiger charge is -2.02. The molecule has 1 aromatic rings. The number of hydrogen-bond acceptors (Lipinski definition) is 3. The summed E-state index contributed by atoms with van der Waals surface area (Å²) in [5, 5.41) is 10.4. The third-order valence-electron chi connectivity index (χ3n) is 1.34. The monoisotopic (exact) mass is 378 g/mol. The molecule has 0 aliphatic heterocycles. The van der Waals surface area contributed by atoms with E-state index in [4.69, 9.17) is 0 Å². The molecule has 0 unspecified atom stereocenters. The second-order valence-electron chi connectivity index (χ2n) is 2.22. The molecule has 76 valence electrons. The fraction of sp³-hybridized carbons (Fsp3) is 0.167. The summed E-state index contributed by atoms with van der Waals surface area (Å²) in [4.78, 5) is 13.0. The molecule has 0 spiro atoms. The van der Waals surface area contributed by atoms with E-state index in [0.29, 0.717) is 4.47 Å². The zero-order chi connectivity index (χ0) is 10.9. The minimum atomic E-state index is -2.95. The molecule has 4 nitrogen and oxygen atoms in total. The molecule has 0 aliphatic rings. The van der Waals surface area contributed by atoms with Crippen LogP contribution in [0.5, 0.6) is 0 Å². The van der Waals surface area contributed by atoms with Crippen molar-refractivity contribution in [2.24, 2.45) is 0 Å². The van der Waals surface area contributed by atoms with E-state index in [1.165, 1.54) is 0 Å². The topological polar surface area (TPSA) is 56.0 Å². The Morgan fingerprint density at radius 2 is 2.21 bits per heavy atom. The Labute approximate surface area is 99.1 Å². The van der Waals surface area contributed by atoms with Crippen molar-refractivity contribution in [2.75, 3.05) is 0 Å². The van der Waals surface area contributed by atoms with Gasteiger partial charge in [-0.1, -0.05) is 0 Å². The average molecular weight is 379 g/mol. The average Bonchev–Trinajstić information content (AvgIpc) is 2.08. The second-order valence-corrected chi connectivity index (χ2v) is 4.10. The maximum absolute atomic E-state index is 12.3. The zero-order valence-electron chi connectivity index (χ0n) is 6.38. The molecule has 8 heteroatoms. The smallest absolute Gasteiger partial charge is 0.258 e. The van der Waals surface area contributed by atoms with Crippen LogP contribution in [0.3, 0.4) is 0 Å². The minimum Gasteiger partial charge on any atom is -0.258 e. The summed E-state index contributed by atoms with van der Waals surface area (Å²) in [6, 6.07) is 1.02. The van der Waals surface area contributed by atoms with E-state index in [9.17, 15) is 18.9 Å². The lowest BCUT2D eigenvalue weighted by molar-refractivity contribution is -0.386. The van der Waals surface area contributed by atoms with Crippen molar-refractivity contribution in [2.45, 2.75) is 6.43 Å². The highest BCUT2D eigenvalue weighted by Gasteiger charge is 2.25. The number of rotatable bonds is 2. The van der Waals surface area contributed by atoms with Gasteiger partial charge in [0.05, 0.1) is 9.40 Å². The number of hydrogen-bond donors (Lipinski definition) is 0. The molecule has 0 bridgehead atoms. The van der Waals surface area contributed by atoms with Crippen LogP contribution in [0.4, 0.5) is 14.5 Å². The first-order chi connectivity index (χ1) is 6.43. The normalized spacial score (nSPS) is 10.6. The van der Waals surface area contributed by atoms with Crippen LogP contribution in [-0.2, 0) is 0 Å². The SMILES string of the molecule is O=[N+]([O-])c1cc(Br)c(I)nc1C(F)F. The molecule has 1 rings (SSSR count). The maximum Gasteiger partial charge on any atom is 0.297 e. The number of nitro groups is 1. The van der Waals surface area contributed by atoms with E-state index < -0.39 is 22.7 Å². The Morgan fingerprint density at radius 3 is 2.64 bits per heavy atom. The molecule has 0 aliphatic carbocycles. The van der Waals surface area contributed by atoms with E-state index >= 15 is 0 Å². The summed E-state index contributed by atoms with van der Waals surface area (Å²) in [5.74, 6) is 0. The Hall–Kier alpha value is -0.380. The number of nitrogens with zero attached hydrogens (tertiary/aromatic N) is 2. The van der Waals surface area contributed by atoms with Gasteiger partial charge in [-0.3, -0.25) is 10.1 Å². The van der Waals surface area contributed by atoms with Crippen molar-refractivity contribution < 1.29 is 13.7 Å². The predicted octanol–water partition coefficient (Wildman–Crippen LogP) is 3.29. The summed E-state index contributed by atoms with van der Waals surface area (Å²) in [6.45, 7) is 0. The summed E-state index contributed by atoms with van der Waals surface area (Å²) >= 11 is 4.69. The Morgan fingerprint density at radius 1 is 1.64 bits per heavy atom. The Bertz CT molecular complexity index is 388. The molecule has 0 atom stereocenters. The van der Waals surface area contributed by atoms with Gasteiger partial charge in [0.25, 0.3) is 12.1 Å². The van der Waals surface area contributed by atoms with Gasteiger partial charge in [-0.2, -0.15) is 0 Å². The fourth-order valence-corrected chi connectivity index (χ4v) is 1.50. The van der Waals surface area contributed by atoms with Crippen molar-refractivity contribution in [3.05, 3.63) is 30.0 Å². The van der Waals surface area contributed by atoms with Gasteiger partial charge in [-0.05, 0) is 38.5 Å². The van der Waals surface area contributed by atoms with Gasteiger partial charge in [0, 0.05) is 6.07 Å². The van der Waals surface area contributed by atoms with Gasteiger partial charge in [0.2, 0.25) is 0 Å². The van der Waals surface area contributed by atoms with Crippen molar-refractivity contribution >= 4 is 44.2 Å². The molecule has 0 saturated carbocycles. The molecule has 0 saturated heterocycles. The highest BCUT2D eigenvalue weighted by atomic mass is 127. The largest absolute Gasteiger partial charge is 0.297 e. The van der Waals surface area contributed by atoms with Crippen molar-refractivity contribution in [3.63, 3.8) is 0 Å². The minimum absolute atomic E-state index is 0.267. The molecule has 0 amide bonds.